The molecular formula is C14H16N2O14S4. The number of nitrogens with zero attached hydrogens (tertiary/aromatic N) is 2. The first-order valence-corrected chi connectivity index (χ1v) is 13.6. The summed E-state index contributed by atoms with van der Waals surface area (Å²) in [6.45, 7) is 2.64. The van der Waals surface area contributed by atoms with Gasteiger partial charge in [0, 0.05) is 12.8 Å². The predicted molar refractivity (Wildman–Crippen MR) is 113 cm³/mol. The second kappa shape index (κ2) is 9.84. The highest BCUT2D eigenvalue weighted by molar-refractivity contribution is 8.75. The summed E-state index contributed by atoms with van der Waals surface area (Å²) in [5, 5.41) is 40.8. The Kier molecular flexibility index (Phi) is 7.94. The van der Waals surface area contributed by atoms with Crippen molar-refractivity contribution in [3.63, 3.8) is 0 Å². The van der Waals surface area contributed by atoms with E-state index in [4.69, 9.17) is 0 Å². The van der Waals surface area contributed by atoms with Gasteiger partial charge in [0.05, 0.1) is 22.0 Å². The van der Waals surface area contributed by atoms with Crippen molar-refractivity contribution in [3.8, 4) is 35.0 Å². The predicted octanol–water partition coefficient (Wildman–Crippen LogP) is 0.844. The van der Waals surface area contributed by atoms with Crippen LogP contribution in [-0.2, 0) is 29.8 Å². The van der Waals surface area contributed by atoms with E-state index in [1.807, 2.05) is 0 Å². The van der Waals surface area contributed by atoms with Gasteiger partial charge in [-0.1, -0.05) is 13.8 Å². The Morgan fingerprint density at radius 2 is 1.00 bits per heavy atom. The van der Waals surface area contributed by atoms with Crippen LogP contribution in [0.2, 0.25) is 0 Å². The first-order valence-electron chi connectivity index (χ1n) is 8.61. The fourth-order valence-electron chi connectivity index (χ4n) is 2.20. The molecule has 0 amide bonds. The van der Waals surface area contributed by atoms with Gasteiger partial charge in [-0.05, 0) is 0 Å². The molecule has 0 aliphatic heterocycles. The third-order valence-corrected chi connectivity index (χ3v) is 7.62. The van der Waals surface area contributed by atoms with Crippen LogP contribution in [0.1, 0.15) is 26.7 Å². The van der Waals surface area contributed by atoms with Crippen molar-refractivity contribution in [2.45, 2.75) is 36.5 Å². The molecular weight excluding hydrogens is 548 g/mol. The molecule has 0 spiro atoms. The van der Waals surface area contributed by atoms with Gasteiger partial charge in [-0.25, -0.2) is 7.94 Å². The number of aromatic hydroxyl groups is 4. The fourth-order valence-corrected chi connectivity index (χ4v) is 5.71. The molecule has 6 N–H and O–H groups in total. The molecule has 0 aliphatic rings. The minimum Gasteiger partial charge on any atom is -0.493 e. The highest BCUT2D eigenvalue weighted by atomic mass is 33.1. The SMILES string of the molecule is CCC(=O)Oc1c(S(=O)(=O)O)c(O)n(SSn2c(O)c(OC(=O)CC)c(S(=O)(=O)O)c2O)c1O. The van der Waals surface area contributed by atoms with Crippen LogP contribution >= 0.6 is 22.0 Å². The molecule has 2 aromatic heterocycles. The molecule has 2 heterocycles. The molecule has 190 valence electrons. The van der Waals surface area contributed by atoms with Crippen molar-refractivity contribution >= 4 is 54.1 Å². The number of esters is 2. The van der Waals surface area contributed by atoms with Crippen LogP contribution < -0.4 is 9.47 Å². The van der Waals surface area contributed by atoms with Crippen LogP contribution in [0, 0.1) is 0 Å². The van der Waals surface area contributed by atoms with Gasteiger partial charge in [-0.15, -0.1) is 0 Å². The zero-order chi connectivity index (χ0) is 26.2. The standard InChI is InChI=1S/C14H16N2O14S4/c1-3-5(17)29-7-9(33(23,24)25)13(21)15(11(7)19)31-32-16-12(20)8(30-6(18)4-2)10(14(16)22)34(26,27)28/h19-22H,3-4H2,1-2H3,(H,23,24,25)(H,26,27,28). The van der Waals surface area contributed by atoms with Crippen molar-refractivity contribution < 1.29 is 65.4 Å². The summed E-state index contributed by atoms with van der Waals surface area (Å²) in [6, 6.07) is 0. The van der Waals surface area contributed by atoms with Crippen LogP contribution in [0.25, 0.3) is 0 Å². The fraction of sp³-hybridized carbons (Fsp3) is 0.286. The van der Waals surface area contributed by atoms with Gasteiger partial charge in [-0.3, -0.25) is 18.7 Å². The molecule has 0 fully saturated rings. The van der Waals surface area contributed by atoms with E-state index in [0.29, 0.717) is 0 Å². The molecule has 0 aromatic carbocycles. The monoisotopic (exact) mass is 564 g/mol. The summed E-state index contributed by atoms with van der Waals surface area (Å²) in [4.78, 5) is 20.3. The number of ether oxygens (including phenoxy) is 2. The lowest BCUT2D eigenvalue weighted by atomic mass is 10.5. The van der Waals surface area contributed by atoms with Crippen LogP contribution in [0.15, 0.2) is 9.79 Å². The lowest BCUT2D eigenvalue weighted by Gasteiger charge is -2.07. The van der Waals surface area contributed by atoms with E-state index in [1.54, 1.807) is 0 Å². The van der Waals surface area contributed by atoms with Gasteiger partial charge < -0.3 is 29.9 Å². The summed E-state index contributed by atoms with van der Waals surface area (Å²) in [5.41, 5.74) is 0. The van der Waals surface area contributed by atoms with Gasteiger partial charge in [0.1, 0.15) is 0 Å². The Bertz CT molecular complexity index is 1250. The maximum absolute atomic E-state index is 11.6. The first-order chi connectivity index (χ1) is 15.6. The Morgan fingerprint density at radius 3 is 1.24 bits per heavy atom. The van der Waals surface area contributed by atoms with Gasteiger partial charge in [0.15, 0.2) is 0 Å². The van der Waals surface area contributed by atoms with Gasteiger partial charge in [0.25, 0.3) is 11.8 Å². The quantitative estimate of drug-likeness (QED) is 0.140. The van der Waals surface area contributed by atoms with Crippen LogP contribution in [0.4, 0.5) is 0 Å². The van der Waals surface area contributed by atoms with Crippen LogP contribution in [0.3, 0.4) is 0 Å². The average molecular weight is 565 g/mol. The molecule has 0 bridgehead atoms. The maximum atomic E-state index is 11.6. The summed E-state index contributed by atoms with van der Waals surface area (Å²) < 4.78 is 74.9. The minimum atomic E-state index is -5.26. The highest BCUT2D eigenvalue weighted by Gasteiger charge is 2.37. The van der Waals surface area contributed by atoms with E-state index in [9.17, 15) is 56.0 Å². The molecule has 16 nitrogen and oxygen atoms in total. The number of carbonyl (C=O) groups excluding carboxylic acids is 2. The van der Waals surface area contributed by atoms with E-state index in [-0.39, 0.29) is 42.7 Å². The number of aromatic nitrogens is 2. The third-order valence-electron chi connectivity index (χ3n) is 3.70. The second-order valence-corrected chi connectivity index (χ2v) is 10.6. The highest BCUT2D eigenvalue weighted by Crippen LogP contribution is 2.52. The van der Waals surface area contributed by atoms with Crippen molar-refractivity contribution in [1.82, 2.24) is 7.94 Å². The van der Waals surface area contributed by atoms with E-state index in [1.165, 1.54) is 13.8 Å². The first kappa shape index (κ1) is 27.5. The molecule has 2 rings (SSSR count). The molecule has 0 saturated carbocycles. The van der Waals surface area contributed by atoms with Crippen molar-refractivity contribution in [3.05, 3.63) is 0 Å². The average Bonchev–Trinajstić information content (AvgIpc) is 3.09. The molecule has 0 atom stereocenters. The Hall–Kier alpha value is -2.78. The van der Waals surface area contributed by atoms with Crippen LogP contribution in [-0.4, -0.2) is 66.3 Å². The van der Waals surface area contributed by atoms with Crippen LogP contribution in [0.5, 0.6) is 35.0 Å². The Labute approximate surface area is 198 Å². The van der Waals surface area contributed by atoms with Crippen molar-refractivity contribution in [2.75, 3.05) is 0 Å². The number of hydrogen-bond acceptors (Lipinski definition) is 14. The number of rotatable bonds is 9. The normalized spacial score (nSPS) is 12.0. The largest absolute Gasteiger partial charge is 0.493 e. The molecule has 2 aromatic rings. The summed E-state index contributed by atoms with van der Waals surface area (Å²) in [5.74, 6) is -9.57. The summed E-state index contributed by atoms with van der Waals surface area (Å²) in [7, 11) is -10.3. The smallest absolute Gasteiger partial charge is 0.311 e. The maximum Gasteiger partial charge on any atom is 0.311 e. The Balaban J connectivity index is 2.60. The molecule has 0 radical (unpaired) electrons. The summed E-state index contributed by atoms with van der Waals surface area (Å²) in [6.07, 6.45) is -0.581. The van der Waals surface area contributed by atoms with Gasteiger partial charge in [-0.2, -0.15) is 16.8 Å². The zero-order valence-electron chi connectivity index (χ0n) is 16.9. The van der Waals surface area contributed by atoms with Crippen molar-refractivity contribution in [1.29, 1.82) is 0 Å². The topological polar surface area (TPSA) is 252 Å². The van der Waals surface area contributed by atoms with E-state index < -0.39 is 77.0 Å². The zero-order valence-corrected chi connectivity index (χ0v) is 20.2. The second-order valence-electron chi connectivity index (χ2n) is 5.95. The van der Waals surface area contributed by atoms with E-state index >= 15 is 0 Å². The summed E-state index contributed by atoms with van der Waals surface area (Å²) >= 11 is 0. The molecule has 0 unspecified atom stereocenters. The van der Waals surface area contributed by atoms with Gasteiger partial charge >= 0.3 is 32.2 Å². The lowest BCUT2D eigenvalue weighted by molar-refractivity contribution is -0.135. The van der Waals surface area contributed by atoms with Gasteiger partial charge in [0.2, 0.25) is 33.0 Å². The molecule has 20 heteroatoms. The third kappa shape index (κ3) is 5.31. The lowest BCUT2D eigenvalue weighted by Crippen LogP contribution is -2.08. The molecule has 0 aliphatic carbocycles. The number of hydrogen-bond donors (Lipinski definition) is 6. The van der Waals surface area contributed by atoms with E-state index in [0.717, 1.165) is 0 Å². The molecule has 0 saturated heterocycles. The minimum absolute atomic E-state index is 0.0907. The Morgan fingerprint density at radius 1 is 0.706 bits per heavy atom. The number of carbonyl (C=O) groups is 2. The van der Waals surface area contributed by atoms with Crippen molar-refractivity contribution in [2.24, 2.45) is 0 Å². The molecule has 34 heavy (non-hydrogen) atoms. The van der Waals surface area contributed by atoms with E-state index in [2.05, 4.69) is 9.47 Å².